The van der Waals surface area contributed by atoms with Crippen LogP contribution in [0.5, 0.6) is 0 Å². The smallest absolute Gasteiger partial charge is 0.306 e. The van der Waals surface area contributed by atoms with Gasteiger partial charge in [-0.05, 0) is 49.7 Å². The number of thioether (sulfide) groups is 1. The molecule has 0 spiro atoms. The van der Waals surface area contributed by atoms with Crippen LogP contribution in [0, 0.1) is 17.2 Å². The van der Waals surface area contributed by atoms with Crippen molar-refractivity contribution in [3.63, 3.8) is 0 Å². The normalized spacial score (nSPS) is 11.3. The molecule has 1 amide bonds. The molecule has 0 N–H and O–H groups in total. The molecule has 180 valence electrons. The van der Waals surface area contributed by atoms with Crippen molar-refractivity contribution in [2.75, 3.05) is 31.2 Å². The molecular weight excluding hydrogens is 450 g/mol. The molecule has 1 aromatic carbocycles. The minimum Gasteiger partial charge on any atom is -0.466 e. The lowest BCUT2D eigenvalue weighted by molar-refractivity contribution is -0.143. The van der Waals surface area contributed by atoms with Crippen LogP contribution >= 0.6 is 11.8 Å². The van der Waals surface area contributed by atoms with Crippen LogP contribution in [0.25, 0.3) is 0 Å². The zero-order valence-electron chi connectivity index (χ0n) is 19.7. The van der Waals surface area contributed by atoms with Crippen molar-refractivity contribution in [3.05, 3.63) is 65.5 Å². The number of hydrogen-bond donors (Lipinski definition) is 0. The lowest BCUT2D eigenvalue weighted by Crippen LogP contribution is -2.34. The van der Waals surface area contributed by atoms with Crippen LogP contribution in [-0.4, -0.2) is 58.7 Å². The maximum Gasteiger partial charge on any atom is 0.306 e. The van der Waals surface area contributed by atoms with Gasteiger partial charge in [-0.25, -0.2) is 0 Å². The maximum absolute atomic E-state index is 13.0. The highest BCUT2D eigenvalue weighted by molar-refractivity contribution is 7.99. The third kappa shape index (κ3) is 8.64. The first-order valence-electron chi connectivity index (χ1n) is 11.5. The molecular formula is C26H31N3O4S. The minimum absolute atomic E-state index is 0.0122. The zero-order chi connectivity index (χ0) is 24.8. The third-order valence-corrected chi connectivity index (χ3v) is 6.30. The van der Waals surface area contributed by atoms with Gasteiger partial charge in [0.1, 0.15) is 0 Å². The summed E-state index contributed by atoms with van der Waals surface area (Å²) in [4.78, 5) is 43.8. The van der Waals surface area contributed by atoms with E-state index in [1.807, 2.05) is 0 Å². The number of carbonyl (C=O) groups is 3. The molecule has 0 fully saturated rings. The minimum atomic E-state index is -0.522. The number of esters is 1. The Balaban J connectivity index is 2.00. The van der Waals surface area contributed by atoms with E-state index in [2.05, 4.69) is 18.0 Å². The van der Waals surface area contributed by atoms with E-state index in [1.54, 1.807) is 54.4 Å². The number of Topliss-reactive ketones (excluding diaryl/α,β-unsaturated/α-hetero) is 1. The highest BCUT2D eigenvalue weighted by Gasteiger charge is 2.24. The highest BCUT2D eigenvalue weighted by Crippen LogP contribution is 2.19. The van der Waals surface area contributed by atoms with E-state index in [4.69, 9.17) is 10.00 Å². The molecule has 0 saturated carbocycles. The van der Waals surface area contributed by atoms with Gasteiger partial charge in [0, 0.05) is 54.0 Å². The van der Waals surface area contributed by atoms with Crippen molar-refractivity contribution in [2.45, 2.75) is 33.1 Å². The number of carbonyl (C=O) groups excluding carboxylic acids is 3. The first kappa shape index (κ1) is 27.1. The number of aromatic nitrogens is 1. The number of nitrogens with zero attached hydrogens (tertiary/aromatic N) is 3. The van der Waals surface area contributed by atoms with E-state index in [0.29, 0.717) is 41.3 Å². The second-order valence-electron chi connectivity index (χ2n) is 7.72. The Hall–Kier alpha value is -3.18. The summed E-state index contributed by atoms with van der Waals surface area (Å²) in [6.07, 6.45) is 4.97. The summed E-state index contributed by atoms with van der Waals surface area (Å²) in [5, 5.41) is 8.97. The standard InChI is InChI=1S/C26H31N3O4S/c1-3-5-13-29(26(32)21-10-8-20(17-27)9-11-21)14-15-34-19-23(16-24(30)33-4-2)25(31)22-7-6-12-28-18-22/h6-12,18,23H,3-5,13-16,19H2,1-2H3. The Morgan fingerprint density at radius 1 is 1.12 bits per heavy atom. The molecule has 2 rings (SSSR count). The van der Waals surface area contributed by atoms with Gasteiger partial charge in [-0.2, -0.15) is 17.0 Å². The van der Waals surface area contributed by atoms with Crippen LogP contribution in [0.2, 0.25) is 0 Å². The number of unbranched alkanes of at least 4 members (excludes halogenated alkanes) is 1. The van der Waals surface area contributed by atoms with Crippen molar-refractivity contribution in [1.82, 2.24) is 9.88 Å². The Morgan fingerprint density at radius 3 is 2.50 bits per heavy atom. The van der Waals surface area contributed by atoms with Crippen molar-refractivity contribution < 1.29 is 19.1 Å². The van der Waals surface area contributed by atoms with Crippen LogP contribution in [0.1, 0.15) is 59.4 Å². The van der Waals surface area contributed by atoms with E-state index < -0.39 is 11.9 Å². The van der Waals surface area contributed by atoms with Gasteiger partial charge in [0.2, 0.25) is 0 Å². The molecule has 34 heavy (non-hydrogen) atoms. The van der Waals surface area contributed by atoms with Gasteiger partial charge in [0.25, 0.3) is 5.91 Å². The van der Waals surface area contributed by atoms with Gasteiger partial charge in [-0.3, -0.25) is 19.4 Å². The Morgan fingerprint density at radius 2 is 1.88 bits per heavy atom. The summed E-state index contributed by atoms with van der Waals surface area (Å²) in [6.45, 7) is 5.24. The SMILES string of the molecule is CCCCN(CCSCC(CC(=O)OCC)C(=O)c1cccnc1)C(=O)c1ccc(C#N)cc1. The molecule has 2 aromatic rings. The summed E-state index contributed by atoms with van der Waals surface area (Å²) < 4.78 is 5.06. The van der Waals surface area contributed by atoms with Gasteiger partial charge < -0.3 is 9.64 Å². The number of pyridine rings is 1. The molecule has 1 heterocycles. The molecule has 0 radical (unpaired) electrons. The summed E-state index contributed by atoms with van der Waals surface area (Å²) in [5.41, 5.74) is 1.53. The lowest BCUT2D eigenvalue weighted by Gasteiger charge is -2.23. The Kier molecular flexibility index (Phi) is 11.8. The van der Waals surface area contributed by atoms with Gasteiger partial charge in [0.15, 0.2) is 5.78 Å². The fourth-order valence-corrected chi connectivity index (χ4v) is 4.40. The van der Waals surface area contributed by atoms with Crippen molar-refractivity contribution in [2.24, 2.45) is 5.92 Å². The van der Waals surface area contributed by atoms with Crippen LogP contribution in [0.3, 0.4) is 0 Å². The third-order valence-electron chi connectivity index (χ3n) is 5.19. The summed E-state index contributed by atoms with van der Waals surface area (Å²) in [7, 11) is 0. The molecule has 0 saturated heterocycles. The number of ether oxygens (including phenoxy) is 1. The van der Waals surface area contributed by atoms with Crippen LogP contribution in [-0.2, 0) is 9.53 Å². The average Bonchev–Trinajstić information content (AvgIpc) is 2.87. The van der Waals surface area contributed by atoms with Crippen molar-refractivity contribution >= 4 is 29.4 Å². The van der Waals surface area contributed by atoms with Crippen molar-refractivity contribution in [3.8, 4) is 6.07 Å². The molecule has 7 nitrogen and oxygen atoms in total. The van der Waals surface area contributed by atoms with E-state index in [1.165, 1.54) is 18.0 Å². The van der Waals surface area contributed by atoms with Crippen LogP contribution in [0.4, 0.5) is 0 Å². The fourth-order valence-electron chi connectivity index (χ4n) is 3.33. The van der Waals surface area contributed by atoms with Crippen LogP contribution < -0.4 is 0 Å². The zero-order valence-corrected chi connectivity index (χ0v) is 20.6. The second-order valence-corrected chi connectivity index (χ2v) is 8.87. The molecule has 1 aromatic heterocycles. The quantitative estimate of drug-likeness (QED) is 0.224. The largest absolute Gasteiger partial charge is 0.466 e. The predicted molar refractivity (Wildman–Crippen MR) is 133 cm³/mol. The topological polar surface area (TPSA) is 100 Å². The summed E-state index contributed by atoms with van der Waals surface area (Å²) in [6, 6.07) is 12.1. The molecule has 1 atom stereocenters. The molecule has 0 aliphatic rings. The second kappa shape index (κ2) is 14.9. The number of ketones is 1. The van der Waals surface area contributed by atoms with E-state index in [-0.39, 0.29) is 24.7 Å². The summed E-state index contributed by atoms with van der Waals surface area (Å²) in [5.74, 6) is -0.0550. The van der Waals surface area contributed by atoms with E-state index >= 15 is 0 Å². The molecule has 0 bridgehead atoms. The first-order chi connectivity index (χ1) is 16.5. The molecule has 1 unspecified atom stereocenters. The Bertz CT molecular complexity index is 974. The number of amides is 1. The van der Waals surface area contributed by atoms with Crippen molar-refractivity contribution in [1.29, 1.82) is 5.26 Å². The first-order valence-corrected chi connectivity index (χ1v) is 12.6. The number of hydrogen-bond acceptors (Lipinski definition) is 7. The molecule has 0 aliphatic carbocycles. The van der Waals surface area contributed by atoms with Gasteiger partial charge in [0.05, 0.1) is 24.7 Å². The predicted octanol–water partition coefficient (Wildman–Crippen LogP) is 4.38. The number of nitriles is 1. The van der Waals surface area contributed by atoms with E-state index in [0.717, 1.165) is 12.8 Å². The van der Waals surface area contributed by atoms with Gasteiger partial charge >= 0.3 is 5.97 Å². The maximum atomic E-state index is 13.0. The molecule has 8 heteroatoms. The monoisotopic (exact) mass is 481 g/mol. The van der Waals surface area contributed by atoms with E-state index in [9.17, 15) is 14.4 Å². The number of rotatable bonds is 14. The highest BCUT2D eigenvalue weighted by atomic mass is 32.2. The van der Waals surface area contributed by atoms with Gasteiger partial charge in [-0.15, -0.1) is 0 Å². The lowest BCUT2D eigenvalue weighted by atomic mass is 9.97. The summed E-state index contributed by atoms with van der Waals surface area (Å²) >= 11 is 1.54. The number of benzene rings is 1. The Labute approximate surface area is 205 Å². The fraction of sp³-hybridized carbons (Fsp3) is 0.423. The average molecular weight is 482 g/mol. The molecule has 0 aliphatic heterocycles. The van der Waals surface area contributed by atoms with Crippen LogP contribution in [0.15, 0.2) is 48.8 Å². The van der Waals surface area contributed by atoms with Gasteiger partial charge in [-0.1, -0.05) is 13.3 Å².